The highest BCUT2D eigenvalue weighted by Gasteiger charge is 2.62. The van der Waals surface area contributed by atoms with Crippen LogP contribution in [0.15, 0.2) is 50.6 Å². The summed E-state index contributed by atoms with van der Waals surface area (Å²) in [6.07, 6.45) is 17.9. The Bertz CT molecular complexity index is 1480. The predicted molar refractivity (Wildman–Crippen MR) is 226 cm³/mol. The van der Waals surface area contributed by atoms with Crippen molar-refractivity contribution in [2.24, 2.45) is 34.5 Å². The van der Waals surface area contributed by atoms with Crippen LogP contribution in [0.2, 0.25) is 0 Å². The predicted octanol–water partition coefficient (Wildman–Crippen LogP) is 5.92. The Kier molecular flexibility index (Phi) is 21.7. The number of Topliss-reactive ketones (excluding diaryl/α,β-unsaturated/α-hetero) is 2. The minimum Gasteiger partial charge on any atom is -0.481 e. The molecule has 0 aromatic carbocycles. The van der Waals surface area contributed by atoms with Crippen LogP contribution in [-0.4, -0.2) is 107 Å². The molecule has 59 heavy (non-hydrogen) atoms. The van der Waals surface area contributed by atoms with E-state index in [9.17, 15) is 39.0 Å². The maximum Gasteiger partial charge on any atom is 0.312 e. The van der Waals surface area contributed by atoms with E-state index in [1.807, 2.05) is 19.1 Å². The molecule has 2 saturated carbocycles. The lowest BCUT2D eigenvalue weighted by Gasteiger charge is -2.27. The minimum absolute atomic E-state index is 0.0213. The van der Waals surface area contributed by atoms with Crippen molar-refractivity contribution in [3.05, 3.63) is 50.6 Å². The topological polar surface area (TPSA) is 197 Å². The second-order valence-electron chi connectivity index (χ2n) is 16.9. The first kappa shape index (κ1) is 51.2. The van der Waals surface area contributed by atoms with Gasteiger partial charge in [-0.1, -0.05) is 63.8 Å². The smallest absolute Gasteiger partial charge is 0.312 e. The largest absolute Gasteiger partial charge is 0.481 e. The molecule has 4 N–H and O–H groups in total. The zero-order valence-corrected chi connectivity index (χ0v) is 36.0. The van der Waals surface area contributed by atoms with Crippen molar-refractivity contribution in [3.63, 3.8) is 0 Å². The number of aliphatic hydroxyl groups is 2. The summed E-state index contributed by atoms with van der Waals surface area (Å²) in [5.74, 6) is -2.15. The third-order valence-corrected chi connectivity index (χ3v) is 12.4. The Labute approximate surface area is 351 Å². The second kappa shape index (κ2) is 25.0. The molecule has 0 aromatic rings. The van der Waals surface area contributed by atoms with Gasteiger partial charge in [-0.25, -0.2) is 0 Å². The number of nitrogens with one attached hydrogen (secondary N) is 1. The fourth-order valence-corrected chi connectivity index (χ4v) is 8.26. The summed E-state index contributed by atoms with van der Waals surface area (Å²) in [4.78, 5) is 74.1. The standard InChI is InChI=1S/C23H35NO5.C13H19NO4.C10H18O2/c1-5-7-8-9-10-11-16(3)21(27)24-15-18(25)12-19(24)20(26)14-23(22(28)29-4)13-17(23)6-2;1-3-8-5-13(8,12(17)18-2)6-11(16)10-4-9(15)7-14-10;1-3-4-5-6-7-8-9(2)10(11)12/h5-6,16-19,25H,1-2,7-15H2,3-4H3;3,8-10,14-15H,1,4-7H2,2H3;3,9H,1,4-8H2,2H3,(H,11,12)/t16-,17+,18+,19-,23+;8-,9-,10+,13-;9-/m010/s1. The Morgan fingerprint density at radius 2 is 1.22 bits per heavy atom. The first-order valence-electron chi connectivity index (χ1n) is 21.3. The minimum atomic E-state index is -0.855. The zero-order valence-electron chi connectivity index (χ0n) is 36.0. The number of carbonyl (C=O) groups excluding carboxylic acids is 5. The first-order chi connectivity index (χ1) is 28.0. The molecule has 4 fully saturated rings. The van der Waals surface area contributed by atoms with E-state index in [-0.39, 0.29) is 79.0 Å². The van der Waals surface area contributed by atoms with E-state index in [0.29, 0.717) is 25.8 Å². The van der Waals surface area contributed by atoms with Crippen LogP contribution >= 0.6 is 0 Å². The Balaban J connectivity index is 0.000000339. The number of carboxylic acid groups (broad SMARTS) is 1. The molecule has 2 aliphatic heterocycles. The van der Waals surface area contributed by atoms with Crippen molar-refractivity contribution in [2.75, 3.05) is 27.3 Å². The van der Waals surface area contributed by atoms with Gasteiger partial charge in [0, 0.05) is 38.3 Å². The van der Waals surface area contributed by atoms with Crippen molar-refractivity contribution < 1.29 is 53.6 Å². The van der Waals surface area contributed by atoms with Crippen LogP contribution in [0.4, 0.5) is 0 Å². The lowest BCUT2D eigenvalue weighted by Crippen LogP contribution is -2.44. The number of carbonyl (C=O) groups is 6. The van der Waals surface area contributed by atoms with Crippen molar-refractivity contribution in [3.8, 4) is 0 Å². The van der Waals surface area contributed by atoms with Crippen molar-refractivity contribution in [2.45, 2.75) is 141 Å². The summed E-state index contributed by atoms with van der Waals surface area (Å²) >= 11 is 0. The average molecular weight is 829 g/mol. The fourth-order valence-electron chi connectivity index (χ4n) is 8.26. The molecule has 13 heteroatoms. The maximum atomic E-state index is 13.0. The number of β-amino-alcohol motifs (C(OH)–C–C–N with tert-alkyl or cyclic N) is 2. The molecule has 13 nitrogen and oxygen atoms in total. The summed E-state index contributed by atoms with van der Waals surface area (Å²) in [6, 6.07) is -1.01. The van der Waals surface area contributed by atoms with Gasteiger partial charge in [0.25, 0.3) is 0 Å². The van der Waals surface area contributed by atoms with Crippen LogP contribution < -0.4 is 5.32 Å². The summed E-state index contributed by atoms with van der Waals surface area (Å²) < 4.78 is 9.69. The molecule has 0 spiro atoms. The van der Waals surface area contributed by atoms with Gasteiger partial charge in [-0.15, -0.1) is 26.3 Å². The molecule has 1 amide bonds. The third kappa shape index (κ3) is 14.9. The van der Waals surface area contributed by atoms with Crippen LogP contribution in [0.5, 0.6) is 0 Å². The number of esters is 2. The normalized spacial score (nSPS) is 28.5. The number of rotatable bonds is 24. The van der Waals surface area contributed by atoms with Crippen LogP contribution in [0.25, 0.3) is 0 Å². The molecule has 0 bridgehead atoms. The number of ether oxygens (including phenoxy) is 2. The zero-order chi connectivity index (χ0) is 44.3. The molecular formula is C46H72N2O11. The molecule has 0 aromatic heterocycles. The molecular weight excluding hydrogens is 757 g/mol. The van der Waals surface area contributed by atoms with Gasteiger partial charge in [0.1, 0.15) is 0 Å². The number of likely N-dealkylation sites (tertiary alicyclic amines) is 1. The van der Waals surface area contributed by atoms with E-state index in [0.717, 1.165) is 64.2 Å². The maximum absolute atomic E-state index is 13.0. The number of hydrogen-bond donors (Lipinski definition) is 4. The van der Waals surface area contributed by atoms with Gasteiger partial charge < -0.3 is 35.0 Å². The number of aliphatic hydroxyl groups excluding tert-OH is 2. The van der Waals surface area contributed by atoms with Gasteiger partial charge in [-0.3, -0.25) is 28.8 Å². The Morgan fingerprint density at radius 1 is 0.729 bits per heavy atom. The molecule has 332 valence electrons. The van der Waals surface area contributed by atoms with Gasteiger partial charge in [-0.2, -0.15) is 0 Å². The molecule has 2 saturated heterocycles. The number of methoxy groups -OCH3 is 2. The van der Waals surface area contributed by atoms with E-state index in [1.165, 1.54) is 19.1 Å². The van der Waals surface area contributed by atoms with Crippen molar-refractivity contribution in [1.82, 2.24) is 10.2 Å². The average Bonchev–Trinajstić information content (AvgIpc) is 4.00. The highest BCUT2D eigenvalue weighted by molar-refractivity contribution is 5.95. The summed E-state index contributed by atoms with van der Waals surface area (Å²) in [7, 11) is 2.66. The molecule has 4 aliphatic rings. The van der Waals surface area contributed by atoms with Crippen LogP contribution in [0.1, 0.15) is 117 Å². The number of nitrogens with zero attached hydrogens (tertiary/aromatic N) is 1. The lowest BCUT2D eigenvalue weighted by atomic mass is 9.91. The molecule has 2 heterocycles. The van der Waals surface area contributed by atoms with E-state index in [4.69, 9.17) is 14.6 Å². The number of ketones is 2. The number of amides is 1. The van der Waals surface area contributed by atoms with E-state index in [2.05, 4.69) is 31.6 Å². The summed E-state index contributed by atoms with van der Waals surface area (Å²) in [5, 5.41) is 31.1. The van der Waals surface area contributed by atoms with Crippen molar-refractivity contribution in [1.29, 1.82) is 0 Å². The Hall–Kier alpha value is -3.94. The van der Waals surface area contributed by atoms with Gasteiger partial charge in [-0.05, 0) is 69.6 Å². The third-order valence-electron chi connectivity index (χ3n) is 12.4. The number of unbranched alkanes of at least 4 members (excludes halogenated alkanes) is 6. The van der Waals surface area contributed by atoms with E-state index >= 15 is 0 Å². The van der Waals surface area contributed by atoms with Gasteiger partial charge in [0.15, 0.2) is 11.6 Å². The molecule has 10 atom stereocenters. The highest BCUT2D eigenvalue weighted by Crippen LogP contribution is 2.58. The fraction of sp³-hybridized carbons (Fsp3) is 0.696. The van der Waals surface area contributed by atoms with Gasteiger partial charge >= 0.3 is 17.9 Å². The lowest BCUT2D eigenvalue weighted by molar-refractivity contribution is -0.150. The van der Waals surface area contributed by atoms with E-state index < -0.39 is 41.0 Å². The summed E-state index contributed by atoms with van der Waals surface area (Å²) in [5.41, 5.74) is -1.56. The number of aliphatic carboxylic acids is 1. The van der Waals surface area contributed by atoms with Gasteiger partial charge in [0.05, 0.1) is 55.3 Å². The van der Waals surface area contributed by atoms with Crippen LogP contribution in [0, 0.1) is 34.5 Å². The number of hydrogen-bond acceptors (Lipinski definition) is 11. The first-order valence-corrected chi connectivity index (χ1v) is 21.3. The number of allylic oxidation sites excluding steroid dienone is 4. The van der Waals surface area contributed by atoms with Crippen LogP contribution in [0.3, 0.4) is 0 Å². The quantitative estimate of drug-likeness (QED) is 0.0510. The molecule has 0 radical (unpaired) electrons. The van der Waals surface area contributed by atoms with Gasteiger partial charge in [0.2, 0.25) is 5.91 Å². The Morgan fingerprint density at radius 3 is 1.63 bits per heavy atom. The van der Waals surface area contributed by atoms with Crippen molar-refractivity contribution >= 4 is 35.4 Å². The monoisotopic (exact) mass is 829 g/mol. The molecule has 4 rings (SSSR count). The molecule has 0 unspecified atom stereocenters. The SMILES string of the molecule is C=CCCCCC[C@H](C)C(=O)N1C[C@H](O)C[C@H]1C(=O)C[C@]1(C(=O)OC)C[C@H]1C=C.C=CCCCCC[C@H](C)C(=O)O.C=C[C@@H]1C[C@]1(CC(=O)[C@@H]1C[C@@H](O)CN1)C(=O)OC. The number of carboxylic acids is 1. The van der Waals surface area contributed by atoms with E-state index in [1.54, 1.807) is 19.1 Å². The van der Waals surface area contributed by atoms with Crippen LogP contribution in [-0.2, 0) is 38.2 Å². The second-order valence-corrected chi connectivity index (χ2v) is 16.9. The summed E-state index contributed by atoms with van der Waals surface area (Å²) in [6.45, 7) is 19.0. The highest BCUT2D eigenvalue weighted by atomic mass is 16.5. The molecule has 2 aliphatic carbocycles.